The summed E-state index contributed by atoms with van der Waals surface area (Å²) < 4.78 is 1.29. The van der Waals surface area contributed by atoms with Crippen LogP contribution in [0.15, 0.2) is 12.7 Å². The lowest BCUT2D eigenvalue weighted by Crippen LogP contribution is -2.48. The molecule has 0 radical (unpaired) electrons. The molecule has 1 aliphatic heterocycles. The lowest BCUT2D eigenvalue weighted by atomic mass is 10.1. The van der Waals surface area contributed by atoms with Gasteiger partial charge in [-0.05, 0) is 0 Å². The van der Waals surface area contributed by atoms with Crippen LogP contribution in [-0.2, 0) is 4.79 Å². The number of carbonyl (C=O) groups excluding carboxylic acids is 2. The van der Waals surface area contributed by atoms with Gasteiger partial charge >= 0.3 is 11.9 Å². The third kappa shape index (κ3) is 1.55. The van der Waals surface area contributed by atoms with E-state index in [-0.39, 0.29) is 0 Å². The standard InChI is InChI=1S/C9H10N3O2/c1-3-4-12-6-7(5-10)8(13)11(2)9(12)14/h3,6-7H,1,4H2,2H3/q+1. The number of amides is 3. The summed E-state index contributed by atoms with van der Waals surface area (Å²) >= 11 is 0. The first-order valence-electron chi connectivity index (χ1n) is 4.05. The maximum absolute atomic E-state index is 11.4. The Morgan fingerprint density at radius 3 is 2.93 bits per heavy atom. The van der Waals surface area contributed by atoms with Crippen molar-refractivity contribution in [1.29, 1.82) is 5.26 Å². The summed E-state index contributed by atoms with van der Waals surface area (Å²) in [6, 6.07) is 1.39. The fraction of sp³-hybridized carbons (Fsp3) is 0.333. The topological polar surface area (TPSA) is 64.2 Å². The number of hydrogen-bond acceptors (Lipinski definition) is 3. The van der Waals surface area contributed by atoms with Crippen molar-refractivity contribution in [2.45, 2.75) is 0 Å². The number of rotatable bonds is 2. The average Bonchev–Trinajstić information content (AvgIpc) is 2.19. The van der Waals surface area contributed by atoms with Crippen molar-refractivity contribution in [1.82, 2.24) is 4.90 Å². The van der Waals surface area contributed by atoms with E-state index in [1.807, 2.05) is 6.07 Å². The van der Waals surface area contributed by atoms with E-state index in [0.717, 1.165) is 4.90 Å². The van der Waals surface area contributed by atoms with E-state index in [0.29, 0.717) is 6.54 Å². The number of hydrogen-bond donors (Lipinski definition) is 0. The van der Waals surface area contributed by atoms with Crippen molar-refractivity contribution in [2.75, 3.05) is 13.6 Å². The zero-order chi connectivity index (χ0) is 10.7. The highest BCUT2D eigenvalue weighted by molar-refractivity contribution is 6.05. The maximum atomic E-state index is 11.4. The van der Waals surface area contributed by atoms with Crippen molar-refractivity contribution in [2.24, 2.45) is 5.92 Å². The predicted octanol–water partition coefficient (Wildman–Crippen LogP) is -0.0125. The first-order valence-corrected chi connectivity index (χ1v) is 4.05. The normalized spacial score (nSPS) is 21.6. The van der Waals surface area contributed by atoms with Gasteiger partial charge < -0.3 is 0 Å². The number of imide groups is 1. The predicted molar refractivity (Wildman–Crippen MR) is 48.7 cm³/mol. The molecule has 1 heterocycles. The molecule has 0 aromatic carbocycles. The monoisotopic (exact) mass is 192 g/mol. The lowest BCUT2D eigenvalue weighted by Gasteiger charge is -2.16. The summed E-state index contributed by atoms with van der Waals surface area (Å²) in [5.74, 6) is -1.37. The second kappa shape index (κ2) is 3.83. The van der Waals surface area contributed by atoms with Gasteiger partial charge in [0.25, 0.3) is 0 Å². The minimum atomic E-state index is -0.877. The van der Waals surface area contributed by atoms with E-state index in [1.165, 1.54) is 23.9 Å². The molecule has 3 amide bonds. The van der Waals surface area contributed by atoms with Crippen molar-refractivity contribution >= 4 is 18.2 Å². The molecule has 5 nitrogen and oxygen atoms in total. The fourth-order valence-electron chi connectivity index (χ4n) is 1.17. The zero-order valence-corrected chi connectivity index (χ0v) is 7.80. The van der Waals surface area contributed by atoms with Crippen LogP contribution in [0.2, 0.25) is 0 Å². The van der Waals surface area contributed by atoms with Crippen LogP contribution >= 0.6 is 0 Å². The summed E-state index contributed by atoms with van der Waals surface area (Å²) in [4.78, 5) is 23.7. The van der Waals surface area contributed by atoms with Gasteiger partial charge in [0.1, 0.15) is 12.8 Å². The average molecular weight is 192 g/mol. The minimum absolute atomic E-state index is 0.300. The Morgan fingerprint density at radius 2 is 2.43 bits per heavy atom. The first kappa shape index (κ1) is 10.1. The molecule has 14 heavy (non-hydrogen) atoms. The van der Waals surface area contributed by atoms with Gasteiger partial charge in [-0.3, -0.25) is 0 Å². The van der Waals surface area contributed by atoms with Crippen molar-refractivity contribution in [3.05, 3.63) is 12.7 Å². The zero-order valence-electron chi connectivity index (χ0n) is 7.80. The molecule has 72 valence electrons. The highest BCUT2D eigenvalue weighted by Gasteiger charge is 2.39. The van der Waals surface area contributed by atoms with Gasteiger partial charge in [-0.15, -0.1) is 0 Å². The van der Waals surface area contributed by atoms with Gasteiger partial charge in [0, 0.05) is 0 Å². The van der Waals surface area contributed by atoms with E-state index in [2.05, 4.69) is 6.58 Å². The maximum Gasteiger partial charge on any atom is 0.500 e. The number of nitriles is 1. The molecule has 0 saturated heterocycles. The molecule has 0 bridgehead atoms. The SMILES string of the molecule is C=CC[N+]1=CC(C#N)C(=O)N(C)C1=O. The summed E-state index contributed by atoms with van der Waals surface area (Å²) in [6.45, 7) is 3.78. The van der Waals surface area contributed by atoms with Crippen molar-refractivity contribution in [3.8, 4) is 6.07 Å². The molecule has 0 aromatic rings. The van der Waals surface area contributed by atoms with Crippen molar-refractivity contribution < 1.29 is 14.2 Å². The Balaban J connectivity index is 3.07. The Kier molecular flexibility index (Phi) is 2.77. The first-order chi connectivity index (χ1) is 6.61. The lowest BCUT2D eigenvalue weighted by molar-refractivity contribution is -0.423. The summed E-state index contributed by atoms with van der Waals surface area (Å²) in [5.41, 5.74) is 0. The largest absolute Gasteiger partial charge is 0.500 e. The molecule has 0 aromatic heterocycles. The molecule has 1 rings (SSSR count). The van der Waals surface area contributed by atoms with Crippen LogP contribution in [0.25, 0.3) is 0 Å². The summed E-state index contributed by atoms with van der Waals surface area (Å²) in [7, 11) is 1.36. The van der Waals surface area contributed by atoms with Gasteiger partial charge in [-0.2, -0.15) is 19.5 Å². The number of carbonyl (C=O) groups is 2. The second-order valence-electron chi connectivity index (χ2n) is 2.88. The van der Waals surface area contributed by atoms with Crippen LogP contribution in [0.1, 0.15) is 0 Å². The molecule has 0 saturated carbocycles. The molecular weight excluding hydrogens is 182 g/mol. The van der Waals surface area contributed by atoms with Crippen LogP contribution in [0.4, 0.5) is 4.79 Å². The molecule has 1 aliphatic rings. The van der Waals surface area contributed by atoms with E-state index in [4.69, 9.17) is 5.26 Å². The van der Waals surface area contributed by atoms with Gasteiger partial charge in [-0.25, -0.2) is 4.79 Å². The van der Waals surface area contributed by atoms with Gasteiger partial charge in [0.05, 0.1) is 13.1 Å². The molecule has 0 spiro atoms. The Hall–Kier alpha value is -1.96. The van der Waals surface area contributed by atoms with Crippen LogP contribution in [-0.4, -0.2) is 41.2 Å². The third-order valence-electron chi connectivity index (χ3n) is 1.92. The van der Waals surface area contributed by atoms with Gasteiger partial charge in [0.2, 0.25) is 5.92 Å². The van der Waals surface area contributed by atoms with Crippen LogP contribution in [0.5, 0.6) is 0 Å². The van der Waals surface area contributed by atoms with Crippen LogP contribution in [0.3, 0.4) is 0 Å². The van der Waals surface area contributed by atoms with Crippen molar-refractivity contribution in [3.63, 3.8) is 0 Å². The highest BCUT2D eigenvalue weighted by Crippen LogP contribution is 2.06. The molecule has 1 unspecified atom stereocenters. The minimum Gasteiger partial charge on any atom is -0.245 e. The van der Waals surface area contributed by atoms with Gasteiger partial charge in [0.15, 0.2) is 0 Å². The quantitative estimate of drug-likeness (QED) is 0.456. The summed E-state index contributed by atoms with van der Waals surface area (Å²) in [5, 5.41) is 8.66. The van der Waals surface area contributed by atoms with Crippen LogP contribution < -0.4 is 0 Å². The van der Waals surface area contributed by atoms with E-state index in [1.54, 1.807) is 0 Å². The Bertz CT molecular complexity index is 365. The number of urea groups is 1. The van der Waals surface area contributed by atoms with Gasteiger partial charge in [-0.1, -0.05) is 12.7 Å². The molecule has 1 atom stereocenters. The van der Waals surface area contributed by atoms with E-state index >= 15 is 0 Å². The molecule has 0 fully saturated rings. The highest BCUT2D eigenvalue weighted by atomic mass is 16.2. The smallest absolute Gasteiger partial charge is 0.245 e. The second-order valence-corrected chi connectivity index (χ2v) is 2.88. The fourth-order valence-corrected chi connectivity index (χ4v) is 1.17. The molecule has 0 N–H and O–H groups in total. The van der Waals surface area contributed by atoms with Crippen LogP contribution in [0, 0.1) is 17.2 Å². The molecule has 5 heteroatoms. The Morgan fingerprint density at radius 1 is 1.79 bits per heavy atom. The van der Waals surface area contributed by atoms with E-state index in [9.17, 15) is 9.59 Å². The number of nitrogens with zero attached hydrogens (tertiary/aromatic N) is 3. The summed E-state index contributed by atoms with van der Waals surface area (Å²) in [6.07, 6.45) is 2.86. The van der Waals surface area contributed by atoms with E-state index < -0.39 is 17.9 Å². The molecule has 0 aliphatic carbocycles. The molecular formula is C9H10N3O2+. The third-order valence-corrected chi connectivity index (χ3v) is 1.92. The Labute approximate surface area is 81.5 Å².